The first-order valence-electron chi connectivity index (χ1n) is 11.4. The van der Waals surface area contributed by atoms with Crippen LogP contribution >= 0.6 is 0 Å². The van der Waals surface area contributed by atoms with Gasteiger partial charge in [-0.3, -0.25) is 9.48 Å². The van der Waals surface area contributed by atoms with Gasteiger partial charge < -0.3 is 33.5 Å². The first-order valence-corrected chi connectivity index (χ1v) is 11.4. The highest BCUT2D eigenvalue weighted by Crippen LogP contribution is 2.32. The summed E-state index contributed by atoms with van der Waals surface area (Å²) in [4.78, 5) is 13.8. The van der Waals surface area contributed by atoms with Gasteiger partial charge in [0.15, 0.2) is 0 Å². The number of nitrogens with zero attached hydrogens (tertiary/aromatic N) is 3. The summed E-state index contributed by atoms with van der Waals surface area (Å²) >= 11 is 0. The lowest BCUT2D eigenvalue weighted by atomic mass is 10.1. The summed E-state index contributed by atoms with van der Waals surface area (Å²) in [6, 6.07) is 10.6. The van der Waals surface area contributed by atoms with Gasteiger partial charge in [0, 0.05) is 36.3 Å². The molecule has 35 heavy (non-hydrogen) atoms. The summed E-state index contributed by atoms with van der Waals surface area (Å²) < 4.78 is 25.0. The highest BCUT2D eigenvalue weighted by atomic mass is 16.6. The molecule has 0 unspecified atom stereocenters. The predicted octanol–water partition coefficient (Wildman–Crippen LogP) is 2.12. The molecule has 0 bridgehead atoms. The molecule has 0 saturated carbocycles. The first-order chi connectivity index (χ1) is 17.0. The van der Waals surface area contributed by atoms with Crippen LogP contribution in [0.1, 0.15) is 24.4 Å². The molecule has 1 fully saturated rings. The fraction of sp³-hybridized carbons (Fsp3) is 0.333. The second kappa shape index (κ2) is 9.61. The molecule has 10 nitrogen and oxygen atoms in total. The average molecular weight is 479 g/mol. The van der Waals surface area contributed by atoms with Crippen molar-refractivity contribution in [1.82, 2.24) is 14.3 Å². The fourth-order valence-electron chi connectivity index (χ4n) is 4.69. The summed E-state index contributed by atoms with van der Waals surface area (Å²) in [7, 11) is 1.16. The van der Waals surface area contributed by atoms with E-state index in [0.29, 0.717) is 35.6 Å². The monoisotopic (exact) mass is 479 g/mol. The largest absolute Gasteiger partial charge is 0.707 e. The molecule has 5 rings (SSSR count). The molecule has 3 heterocycles. The van der Waals surface area contributed by atoms with Crippen LogP contribution in [-0.4, -0.2) is 59.2 Å². The highest BCUT2D eigenvalue weighted by molar-refractivity contribution is 6.33. The number of hydrogen-bond donors (Lipinski definition) is 2. The summed E-state index contributed by atoms with van der Waals surface area (Å²) in [6.45, 7) is 1.50. The fourth-order valence-corrected chi connectivity index (χ4v) is 4.69. The maximum atomic E-state index is 13.8. The number of ether oxygens (including phenoxy) is 3. The number of fused-ring (bicyclic) bond motifs is 3. The van der Waals surface area contributed by atoms with Gasteiger partial charge in [-0.15, -0.1) is 0 Å². The number of hydrogen-bond acceptors (Lipinski definition) is 8. The molecule has 2 aromatic carbocycles. The van der Waals surface area contributed by atoms with Crippen molar-refractivity contribution in [2.75, 3.05) is 27.4 Å². The summed E-state index contributed by atoms with van der Waals surface area (Å²) in [6.07, 6.45) is 3.24. The molecular formula is C24H26BN3O7. The van der Waals surface area contributed by atoms with E-state index in [9.17, 15) is 14.8 Å². The molecule has 182 valence electrons. The average Bonchev–Trinajstić information content (AvgIpc) is 3.32. The van der Waals surface area contributed by atoms with E-state index in [2.05, 4.69) is 5.10 Å². The second-order valence-corrected chi connectivity index (χ2v) is 8.39. The molecule has 1 aliphatic rings. The van der Waals surface area contributed by atoms with Crippen LogP contribution in [0.4, 0.5) is 0 Å². The van der Waals surface area contributed by atoms with Crippen molar-refractivity contribution in [2.45, 2.75) is 25.4 Å². The normalized spacial score (nSPS) is 14.4. The van der Waals surface area contributed by atoms with Crippen LogP contribution in [0.2, 0.25) is 0 Å². The lowest BCUT2D eigenvalue weighted by molar-refractivity contribution is 0.0675. The van der Waals surface area contributed by atoms with Gasteiger partial charge in [-0.05, 0) is 37.1 Å². The number of rotatable bonds is 7. The molecule has 0 amide bonds. The minimum absolute atomic E-state index is 0.122. The maximum Gasteiger partial charge on any atom is 0.707 e. The van der Waals surface area contributed by atoms with Gasteiger partial charge in [0.2, 0.25) is 0 Å². The molecule has 2 aromatic heterocycles. The van der Waals surface area contributed by atoms with Crippen LogP contribution < -0.4 is 19.7 Å². The van der Waals surface area contributed by atoms with E-state index >= 15 is 0 Å². The summed E-state index contributed by atoms with van der Waals surface area (Å²) in [5, 5.41) is 24.5. The van der Waals surface area contributed by atoms with E-state index in [0.717, 1.165) is 29.3 Å². The Hall–Kier alpha value is -3.54. The Morgan fingerprint density at radius 3 is 2.54 bits per heavy atom. The van der Waals surface area contributed by atoms with Gasteiger partial charge in [-0.2, -0.15) is 5.10 Å². The van der Waals surface area contributed by atoms with Crippen LogP contribution in [-0.2, 0) is 11.3 Å². The Balaban J connectivity index is 1.73. The van der Waals surface area contributed by atoms with Gasteiger partial charge in [-0.25, -0.2) is 0 Å². The zero-order chi connectivity index (χ0) is 24.5. The second-order valence-electron chi connectivity index (χ2n) is 8.39. The van der Waals surface area contributed by atoms with Crippen molar-refractivity contribution in [3.63, 3.8) is 0 Å². The van der Waals surface area contributed by atoms with E-state index in [1.54, 1.807) is 43.2 Å². The molecular weight excluding hydrogens is 453 g/mol. The SMILES string of the molecule is COc1ccc(Cn2c(=O)c3cnn(C4CCOCC4)c3c3ccc(OB(O)O)cc32)c(OC)c1. The smallest absolute Gasteiger partial charge is 0.512 e. The van der Waals surface area contributed by atoms with Crippen LogP contribution in [0.15, 0.2) is 47.4 Å². The summed E-state index contributed by atoms with van der Waals surface area (Å²) in [5.41, 5.74) is 1.88. The number of methoxy groups -OCH3 is 2. The minimum atomic E-state index is -1.98. The van der Waals surface area contributed by atoms with Gasteiger partial charge in [0.1, 0.15) is 17.2 Å². The lowest BCUT2D eigenvalue weighted by Crippen LogP contribution is -2.24. The van der Waals surface area contributed by atoms with Crippen LogP contribution in [0.5, 0.6) is 17.2 Å². The van der Waals surface area contributed by atoms with Crippen LogP contribution in [0.25, 0.3) is 21.8 Å². The van der Waals surface area contributed by atoms with Crippen LogP contribution in [0, 0.1) is 0 Å². The number of benzene rings is 2. The Bertz CT molecular complexity index is 1430. The van der Waals surface area contributed by atoms with Crippen molar-refractivity contribution < 1.29 is 28.9 Å². The van der Waals surface area contributed by atoms with Crippen molar-refractivity contribution in [2.24, 2.45) is 0 Å². The van der Waals surface area contributed by atoms with E-state index < -0.39 is 7.32 Å². The molecule has 0 aliphatic carbocycles. The van der Waals surface area contributed by atoms with Gasteiger partial charge in [0.25, 0.3) is 5.56 Å². The maximum absolute atomic E-state index is 13.8. The van der Waals surface area contributed by atoms with Crippen LogP contribution in [0.3, 0.4) is 0 Å². The third-order valence-electron chi connectivity index (χ3n) is 6.39. The van der Waals surface area contributed by atoms with Gasteiger partial charge in [-0.1, -0.05) is 0 Å². The van der Waals surface area contributed by atoms with Gasteiger partial charge in [0.05, 0.1) is 49.4 Å². The zero-order valence-electron chi connectivity index (χ0n) is 19.5. The number of pyridine rings is 1. The molecule has 2 N–H and O–H groups in total. The van der Waals surface area contributed by atoms with Crippen molar-refractivity contribution in [3.05, 3.63) is 58.5 Å². The molecule has 1 saturated heterocycles. The standard InChI is InChI=1S/C24H26BN3O7/c1-32-17-4-3-15(22(12-17)33-2)14-27-21-11-18(35-25(30)31)5-6-19(21)23-20(24(27)29)13-26-28(23)16-7-9-34-10-8-16/h3-6,11-13,16,30-31H,7-10,14H2,1-2H3. The Morgan fingerprint density at radius 2 is 1.83 bits per heavy atom. The van der Waals surface area contributed by atoms with E-state index in [4.69, 9.17) is 18.9 Å². The van der Waals surface area contributed by atoms with E-state index in [1.165, 1.54) is 0 Å². The van der Waals surface area contributed by atoms with E-state index in [1.807, 2.05) is 22.9 Å². The summed E-state index contributed by atoms with van der Waals surface area (Å²) in [5.74, 6) is 1.45. The molecule has 0 spiro atoms. The topological polar surface area (TPSA) is 117 Å². The lowest BCUT2D eigenvalue weighted by Gasteiger charge is -2.24. The quantitative estimate of drug-likeness (QED) is 0.387. The predicted molar refractivity (Wildman–Crippen MR) is 130 cm³/mol. The van der Waals surface area contributed by atoms with E-state index in [-0.39, 0.29) is 23.9 Å². The molecule has 1 aliphatic heterocycles. The van der Waals surface area contributed by atoms with Crippen molar-refractivity contribution in [1.29, 1.82) is 0 Å². The third-order valence-corrected chi connectivity index (χ3v) is 6.39. The van der Waals surface area contributed by atoms with Crippen molar-refractivity contribution in [3.8, 4) is 17.2 Å². The van der Waals surface area contributed by atoms with Crippen molar-refractivity contribution >= 4 is 29.1 Å². The number of aromatic nitrogens is 3. The molecule has 11 heteroatoms. The minimum Gasteiger partial charge on any atom is -0.512 e. The molecule has 0 atom stereocenters. The highest BCUT2D eigenvalue weighted by Gasteiger charge is 2.23. The first kappa shape index (κ1) is 23.2. The molecule has 0 radical (unpaired) electrons. The Labute approximate surface area is 201 Å². The van der Waals surface area contributed by atoms with Gasteiger partial charge >= 0.3 is 7.32 Å². The Kier molecular flexibility index (Phi) is 6.37. The molecule has 4 aromatic rings. The zero-order valence-corrected chi connectivity index (χ0v) is 19.5. The Morgan fingerprint density at radius 1 is 1.06 bits per heavy atom. The third kappa shape index (κ3) is 4.33.